The Hall–Kier alpha value is -2.37. The summed E-state index contributed by atoms with van der Waals surface area (Å²) in [6.07, 6.45) is 3.04. The number of nitrogen functional groups attached to an aromatic ring is 1. The van der Waals surface area contributed by atoms with Crippen molar-refractivity contribution >= 4 is 12.2 Å². The Bertz CT molecular complexity index is 592. The molecule has 0 aliphatic carbocycles. The van der Waals surface area contributed by atoms with Crippen LogP contribution < -0.4 is 10.5 Å². The molecule has 1 aromatic carbocycles. The number of ether oxygens (including phenoxy) is 1. The van der Waals surface area contributed by atoms with E-state index in [1.807, 2.05) is 0 Å². The van der Waals surface area contributed by atoms with E-state index in [2.05, 4.69) is 10.1 Å². The average Bonchev–Trinajstić information content (AvgIpc) is 2.66. The van der Waals surface area contributed by atoms with E-state index in [-0.39, 0.29) is 5.95 Å². The number of rotatable bonds is 3. The van der Waals surface area contributed by atoms with Gasteiger partial charge in [-0.25, -0.2) is 14.1 Å². The van der Waals surface area contributed by atoms with Crippen molar-refractivity contribution in [1.82, 2.24) is 9.66 Å². The van der Waals surface area contributed by atoms with E-state index < -0.39 is 5.82 Å². The average molecular weight is 248 g/mol. The molecule has 0 aliphatic heterocycles. The lowest BCUT2D eigenvalue weighted by Crippen LogP contribution is -1.98. The van der Waals surface area contributed by atoms with Gasteiger partial charge in [0.05, 0.1) is 25.2 Å². The third kappa shape index (κ3) is 2.48. The fourth-order valence-electron chi connectivity index (χ4n) is 1.46. The monoisotopic (exact) mass is 248 g/mol. The van der Waals surface area contributed by atoms with Gasteiger partial charge in [-0.2, -0.15) is 5.10 Å². The summed E-state index contributed by atoms with van der Waals surface area (Å²) in [4.78, 5) is 3.99. The topological polar surface area (TPSA) is 65.4 Å². The van der Waals surface area contributed by atoms with Crippen molar-refractivity contribution in [3.63, 3.8) is 0 Å². The summed E-state index contributed by atoms with van der Waals surface area (Å²) in [5.74, 6) is 0.314. The van der Waals surface area contributed by atoms with Gasteiger partial charge in [-0.15, -0.1) is 0 Å². The zero-order valence-electron chi connectivity index (χ0n) is 10.1. The van der Waals surface area contributed by atoms with Crippen molar-refractivity contribution < 1.29 is 9.13 Å². The van der Waals surface area contributed by atoms with Gasteiger partial charge in [0.15, 0.2) is 0 Å². The van der Waals surface area contributed by atoms with Gasteiger partial charge in [-0.3, -0.25) is 0 Å². The van der Waals surface area contributed by atoms with Crippen LogP contribution in [0.15, 0.2) is 29.5 Å². The Kier molecular flexibility index (Phi) is 3.27. The lowest BCUT2D eigenvalue weighted by atomic mass is 10.2. The highest BCUT2D eigenvalue weighted by Crippen LogP contribution is 2.15. The Labute approximate surface area is 104 Å². The minimum Gasteiger partial charge on any atom is -0.497 e. The van der Waals surface area contributed by atoms with Crippen LogP contribution in [-0.4, -0.2) is 23.0 Å². The number of halogens is 1. The second-order valence-corrected chi connectivity index (χ2v) is 3.72. The molecule has 0 spiro atoms. The van der Waals surface area contributed by atoms with Gasteiger partial charge < -0.3 is 10.5 Å². The third-order valence-corrected chi connectivity index (χ3v) is 2.36. The zero-order valence-corrected chi connectivity index (χ0v) is 10.1. The Morgan fingerprint density at radius 3 is 2.83 bits per heavy atom. The molecule has 2 aromatic rings. The highest BCUT2D eigenvalue weighted by Gasteiger charge is 2.02. The smallest absolute Gasteiger partial charge is 0.221 e. The number of methoxy groups -OCH3 is 1. The lowest BCUT2D eigenvalue weighted by molar-refractivity contribution is 0.411. The highest BCUT2D eigenvalue weighted by molar-refractivity contribution is 5.80. The molecule has 18 heavy (non-hydrogen) atoms. The van der Waals surface area contributed by atoms with Gasteiger partial charge in [0.1, 0.15) is 11.6 Å². The molecule has 2 N–H and O–H groups in total. The third-order valence-electron chi connectivity index (χ3n) is 2.36. The predicted molar refractivity (Wildman–Crippen MR) is 67.3 cm³/mol. The molecule has 2 rings (SSSR count). The highest BCUT2D eigenvalue weighted by atomic mass is 19.1. The van der Waals surface area contributed by atoms with E-state index in [4.69, 9.17) is 10.5 Å². The van der Waals surface area contributed by atoms with Crippen LogP contribution in [0.2, 0.25) is 0 Å². The molecule has 0 unspecified atom stereocenters. The van der Waals surface area contributed by atoms with Crippen molar-refractivity contribution in [3.05, 3.63) is 41.5 Å². The molecule has 0 aliphatic rings. The van der Waals surface area contributed by atoms with Crippen molar-refractivity contribution in [3.8, 4) is 5.75 Å². The van der Waals surface area contributed by atoms with Crippen molar-refractivity contribution in [2.75, 3.05) is 12.8 Å². The van der Waals surface area contributed by atoms with Gasteiger partial charge in [0, 0.05) is 11.6 Å². The summed E-state index contributed by atoms with van der Waals surface area (Å²) < 4.78 is 19.9. The van der Waals surface area contributed by atoms with Crippen LogP contribution in [0.3, 0.4) is 0 Å². The summed E-state index contributed by atoms with van der Waals surface area (Å²) in [5.41, 5.74) is 6.71. The summed E-state index contributed by atoms with van der Waals surface area (Å²) in [7, 11) is 1.48. The maximum absolute atomic E-state index is 13.6. The molecule has 94 valence electrons. The maximum Gasteiger partial charge on any atom is 0.221 e. The summed E-state index contributed by atoms with van der Waals surface area (Å²) >= 11 is 0. The number of nitrogens with zero attached hydrogens (tertiary/aromatic N) is 3. The molecular formula is C12H13FN4O. The summed E-state index contributed by atoms with van der Waals surface area (Å²) in [5, 5.41) is 4.04. The van der Waals surface area contributed by atoms with Gasteiger partial charge in [-0.05, 0) is 19.1 Å². The number of hydrogen-bond donors (Lipinski definition) is 1. The molecule has 1 aromatic heterocycles. The minimum absolute atomic E-state index is 0.262. The van der Waals surface area contributed by atoms with Gasteiger partial charge in [-0.1, -0.05) is 0 Å². The quantitative estimate of drug-likeness (QED) is 0.842. The molecular weight excluding hydrogens is 235 g/mol. The molecule has 0 atom stereocenters. The van der Waals surface area contributed by atoms with Crippen LogP contribution in [0.25, 0.3) is 0 Å². The van der Waals surface area contributed by atoms with E-state index >= 15 is 0 Å². The summed E-state index contributed by atoms with van der Waals surface area (Å²) in [6, 6.07) is 4.54. The molecule has 6 heteroatoms. The number of aromatic nitrogens is 2. The fraction of sp³-hybridized carbons (Fsp3) is 0.167. The Morgan fingerprint density at radius 1 is 1.50 bits per heavy atom. The van der Waals surface area contributed by atoms with Crippen molar-refractivity contribution in [1.29, 1.82) is 0 Å². The molecule has 5 nitrogen and oxygen atoms in total. The van der Waals surface area contributed by atoms with Crippen LogP contribution in [0.4, 0.5) is 10.3 Å². The minimum atomic E-state index is -0.409. The molecule has 1 heterocycles. The SMILES string of the molecule is COc1ccc(C=Nn2cc(C)nc2N)c(F)c1. The number of hydrogen-bond acceptors (Lipinski definition) is 4. The standard InChI is InChI=1S/C12H13FN4O/c1-8-7-17(12(14)16-8)15-6-9-3-4-10(18-2)5-11(9)13/h3-7H,1-2H3,(H2,14,16). The number of aryl methyl sites for hydroxylation is 1. The van der Waals surface area contributed by atoms with Crippen LogP contribution in [0.5, 0.6) is 5.75 Å². The van der Waals surface area contributed by atoms with E-state index in [0.717, 1.165) is 5.69 Å². The number of nitrogens with two attached hydrogens (primary N) is 1. The molecule has 0 bridgehead atoms. The molecule has 0 fully saturated rings. The normalized spacial score (nSPS) is 11.1. The largest absolute Gasteiger partial charge is 0.497 e. The number of benzene rings is 1. The predicted octanol–water partition coefficient (Wildman–Crippen LogP) is 1.80. The first-order valence-corrected chi connectivity index (χ1v) is 5.29. The molecule has 0 amide bonds. The zero-order chi connectivity index (χ0) is 13.1. The van der Waals surface area contributed by atoms with Crippen LogP contribution in [0, 0.1) is 12.7 Å². The van der Waals surface area contributed by atoms with Crippen LogP contribution in [0.1, 0.15) is 11.3 Å². The van der Waals surface area contributed by atoms with Gasteiger partial charge in [0.25, 0.3) is 0 Å². The second-order valence-electron chi connectivity index (χ2n) is 3.72. The lowest BCUT2D eigenvalue weighted by Gasteiger charge is -2.01. The molecule has 0 radical (unpaired) electrons. The van der Waals surface area contributed by atoms with Crippen molar-refractivity contribution in [2.24, 2.45) is 5.10 Å². The van der Waals surface area contributed by atoms with E-state index in [0.29, 0.717) is 11.3 Å². The molecule has 0 saturated heterocycles. The van der Waals surface area contributed by atoms with E-state index in [9.17, 15) is 4.39 Å². The summed E-state index contributed by atoms with van der Waals surface area (Å²) in [6.45, 7) is 1.80. The Morgan fingerprint density at radius 2 is 2.28 bits per heavy atom. The Balaban J connectivity index is 2.26. The maximum atomic E-state index is 13.6. The first-order chi connectivity index (χ1) is 8.60. The number of anilines is 1. The van der Waals surface area contributed by atoms with Gasteiger partial charge in [0.2, 0.25) is 5.95 Å². The molecule has 0 saturated carbocycles. The van der Waals surface area contributed by atoms with E-state index in [1.165, 1.54) is 24.1 Å². The fourth-order valence-corrected chi connectivity index (χ4v) is 1.46. The first-order valence-electron chi connectivity index (χ1n) is 5.29. The first kappa shape index (κ1) is 12.1. The van der Waals surface area contributed by atoms with E-state index in [1.54, 1.807) is 25.3 Å². The van der Waals surface area contributed by atoms with Crippen LogP contribution >= 0.6 is 0 Å². The number of imidazole rings is 1. The van der Waals surface area contributed by atoms with Crippen molar-refractivity contribution in [2.45, 2.75) is 6.92 Å². The van der Waals surface area contributed by atoms with Crippen LogP contribution in [-0.2, 0) is 0 Å². The van der Waals surface area contributed by atoms with Gasteiger partial charge >= 0.3 is 0 Å². The second kappa shape index (κ2) is 4.87.